The molecule has 0 aliphatic rings. The Kier molecular flexibility index (Phi) is 5.05. The maximum Gasteiger partial charge on any atom is 0.196 e. The number of thioether (sulfide) groups is 1. The Morgan fingerprint density at radius 1 is 0.875 bits per heavy atom. The van der Waals surface area contributed by atoms with E-state index in [2.05, 4.69) is 97.7 Å². The fourth-order valence-corrected chi connectivity index (χ4v) is 4.65. The summed E-state index contributed by atoms with van der Waals surface area (Å²) in [6.07, 6.45) is 3.96. The number of fused-ring (bicyclic) bond motifs is 3. The van der Waals surface area contributed by atoms with E-state index in [1.807, 2.05) is 16.9 Å². The van der Waals surface area contributed by atoms with Crippen LogP contribution in [0, 0.1) is 13.8 Å². The summed E-state index contributed by atoms with van der Waals surface area (Å²) in [5.74, 6) is 0.851. The summed E-state index contributed by atoms with van der Waals surface area (Å²) in [5, 5.41) is 14.6. The molecule has 0 aliphatic heterocycles. The van der Waals surface area contributed by atoms with Gasteiger partial charge in [0.05, 0.1) is 5.69 Å². The number of rotatable bonds is 4. The van der Waals surface area contributed by atoms with Crippen LogP contribution >= 0.6 is 11.8 Å². The maximum atomic E-state index is 4.76. The van der Waals surface area contributed by atoms with Crippen molar-refractivity contribution in [3.05, 3.63) is 83.2 Å². The molecule has 0 amide bonds. The van der Waals surface area contributed by atoms with Gasteiger partial charge in [0.25, 0.3) is 0 Å². The van der Waals surface area contributed by atoms with Gasteiger partial charge >= 0.3 is 0 Å². The third-order valence-electron chi connectivity index (χ3n) is 5.98. The van der Waals surface area contributed by atoms with Crippen LogP contribution in [0.2, 0.25) is 0 Å². The molecule has 0 radical (unpaired) electrons. The molecular weight excluding hydrogens is 414 g/mol. The van der Waals surface area contributed by atoms with Crippen LogP contribution in [-0.2, 0) is 11.2 Å². The molecule has 0 unspecified atom stereocenters. The summed E-state index contributed by atoms with van der Waals surface area (Å²) < 4.78 is 3.93. The average Bonchev–Trinajstić information content (AvgIpc) is 3.37. The van der Waals surface area contributed by atoms with E-state index in [0.29, 0.717) is 0 Å². The van der Waals surface area contributed by atoms with Crippen LogP contribution in [0.3, 0.4) is 0 Å². The maximum absolute atomic E-state index is 4.76. The summed E-state index contributed by atoms with van der Waals surface area (Å²) in [5.41, 5.74) is 9.18. The second-order valence-electron chi connectivity index (χ2n) is 9.37. The predicted octanol–water partition coefficient (Wildman–Crippen LogP) is 6.25. The third kappa shape index (κ3) is 3.79. The zero-order chi connectivity index (χ0) is 22.5. The number of aryl methyl sites for hydroxylation is 2. The fourth-order valence-electron chi connectivity index (χ4n) is 3.78. The highest BCUT2D eigenvalue weighted by molar-refractivity contribution is 7.98. The quantitative estimate of drug-likeness (QED) is 0.309. The Balaban J connectivity index is 1.42. The van der Waals surface area contributed by atoms with E-state index in [-0.39, 0.29) is 5.41 Å². The first-order chi connectivity index (χ1) is 15.3. The van der Waals surface area contributed by atoms with E-state index in [1.54, 1.807) is 11.8 Å². The Morgan fingerprint density at radius 2 is 1.66 bits per heavy atom. The van der Waals surface area contributed by atoms with Crippen molar-refractivity contribution >= 4 is 22.9 Å². The first kappa shape index (κ1) is 20.8. The Labute approximate surface area is 192 Å². The number of benzene rings is 2. The molecule has 5 nitrogen and oxygen atoms in total. The fraction of sp³-hybridized carbons (Fsp3) is 0.269. The lowest BCUT2D eigenvalue weighted by molar-refractivity contribution is 0.590. The monoisotopic (exact) mass is 441 g/mol. The van der Waals surface area contributed by atoms with Crippen molar-refractivity contribution in [3.8, 4) is 11.3 Å². The van der Waals surface area contributed by atoms with Crippen molar-refractivity contribution in [1.29, 1.82) is 0 Å². The molecule has 162 valence electrons. The summed E-state index contributed by atoms with van der Waals surface area (Å²) in [6, 6.07) is 17.4. The van der Waals surface area contributed by atoms with E-state index in [9.17, 15) is 0 Å². The van der Waals surface area contributed by atoms with Gasteiger partial charge in [0.2, 0.25) is 0 Å². The SMILES string of the molecule is Cc1ccc(-c2cc3c4nnc(SCc5ccc(C(C)(C)C)cc5)n4ccn3n2)cc1C. The highest BCUT2D eigenvalue weighted by Gasteiger charge is 2.15. The van der Waals surface area contributed by atoms with Crippen molar-refractivity contribution in [2.75, 3.05) is 0 Å². The average molecular weight is 442 g/mol. The predicted molar refractivity (Wildman–Crippen MR) is 131 cm³/mol. The zero-order valence-corrected chi connectivity index (χ0v) is 19.9. The van der Waals surface area contributed by atoms with Gasteiger partial charge in [-0.05, 0) is 53.6 Å². The molecular formula is C26H27N5S. The summed E-state index contributed by atoms with van der Waals surface area (Å²) in [4.78, 5) is 0. The number of hydrogen-bond acceptors (Lipinski definition) is 4. The molecule has 0 saturated carbocycles. The minimum atomic E-state index is 0.168. The van der Waals surface area contributed by atoms with Crippen molar-refractivity contribution < 1.29 is 0 Å². The van der Waals surface area contributed by atoms with Gasteiger partial charge in [0.15, 0.2) is 10.8 Å². The Hall–Kier alpha value is -3.12. The van der Waals surface area contributed by atoms with Crippen LogP contribution in [-0.4, -0.2) is 24.2 Å². The van der Waals surface area contributed by atoms with Gasteiger partial charge < -0.3 is 0 Å². The molecule has 0 aliphatic carbocycles. The van der Waals surface area contributed by atoms with Gasteiger partial charge in [-0.25, -0.2) is 4.52 Å². The number of hydrogen-bond donors (Lipinski definition) is 0. The molecule has 32 heavy (non-hydrogen) atoms. The van der Waals surface area contributed by atoms with Gasteiger partial charge in [0, 0.05) is 23.7 Å². The van der Waals surface area contributed by atoms with Crippen LogP contribution in [0.5, 0.6) is 0 Å². The molecule has 0 bridgehead atoms. The summed E-state index contributed by atoms with van der Waals surface area (Å²) in [6.45, 7) is 11.0. The summed E-state index contributed by atoms with van der Waals surface area (Å²) in [7, 11) is 0. The zero-order valence-electron chi connectivity index (χ0n) is 19.1. The molecule has 3 heterocycles. The lowest BCUT2D eigenvalue weighted by atomic mass is 9.87. The van der Waals surface area contributed by atoms with Crippen LogP contribution in [0.1, 0.15) is 43.0 Å². The molecule has 5 rings (SSSR count). The molecule has 6 heteroatoms. The third-order valence-corrected chi connectivity index (χ3v) is 6.99. The van der Waals surface area contributed by atoms with Crippen molar-refractivity contribution in [2.24, 2.45) is 0 Å². The van der Waals surface area contributed by atoms with E-state index < -0.39 is 0 Å². The molecule has 5 aromatic rings. The highest BCUT2D eigenvalue weighted by Crippen LogP contribution is 2.28. The van der Waals surface area contributed by atoms with Gasteiger partial charge in [-0.2, -0.15) is 5.10 Å². The summed E-state index contributed by atoms with van der Waals surface area (Å²) >= 11 is 1.70. The minimum Gasteiger partial charge on any atom is -0.274 e. The van der Waals surface area contributed by atoms with E-state index in [0.717, 1.165) is 33.3 Å². The van der Waals surface area contributed by atoms with E-state index >= 15 is 0 Å². The largest absolute Gasteiger partial charge is 0.274 e. The van der Waals surface area contributed by atoms with Gasteiger partial charge in [0.1, 0.15) is 5.52 Å². The molecule has 0 fully saturated rings. The molecule has 0 spiro atoms. The van der Waals surface area contributed by atoms with Gasteiger partial charge in [-0.1, -0.05) is 68.9 Å². The molecule has 2 aromatic carbocycles. The van der Waals surface area contributed by atoms with Crippen LogP contribution in [0.25, 0.3) is 22.4 Å². The molecule has 0 N–H and O–H groups in total. The van der Waals surface area contributed by atoms with Crippen LogP contribution in [0.15, 0.2) is 66.1 Å². The van der Waals surface area contributed by atoms with E-state index in [4.69, 9.17) is 5.10 Å². The minimum absolute atomic E-state index is 0.168. The standard InChI is InChI=1S/C26H27N5S/c1-17-6-9-20(14-18(17)2)22-15-23-24-27-28-25(30(24)12-13-31(23)29-22)32-16-19-7-10-21(11-8-19)26(3,4)5/h6-15H,16H2,1-5H3. The van der Waals surface area contributed by atoms with Crippen molar-refractivity contribution in [1.82, 2.24) is 24.2 Å². The van der Waals surface area contributed by atoms with Gasteiger partial charge in [-0.3, -0.25) is 4.40 Å². The van der Waals surface area contributed by atoms with Crippen LogP contribution < -0.4 is 0 Å². The Morgan fingerprint density at radius 3 is 2.38 bits per heavy atom. The van der Waals surface area contributed by atoms with Crippen molar-refractivity contribution in [2.45, 2.75) is 50.9 Å². The molecule has 3 aromatic heterocycles. The number of nitrogens with zero attached hydrogens (tertiary/aromatic N) is 5. The second-order valence-corrected chi connectivity index (χ2v) is 10.3. The molecule has 0 atom stereocenters. The van der Waals surface area contributed by atoms with Crippen molar-refractivity contribution in [3.63, 3.8) is 0 Å². The lowest BCUT2D eigenvalue weighted by Gasteiger charge is -2.19. The molecule has 0 saturated heterocycles. The normalized spacial score (nSPS) is 12.2. The topological polar surface area (TPSA) is 47.5 Å². The first-order valence-corrected chi connectivity index (χ1v) is 11.8. The first-order valence-electron chi connectivity index (χ1n) is 10.8. The highest BCUT2D eigenvalue weighted by atomic mass is 32.2. The number of aromatic nitrogens is 5. The Bertz CT molecular complexity index is 1420. The van der Waals surface area contributed by atoms with E-state index in [1.165, 1.54) is 22.3 Å². The lowest BCUT2D eigenvalue weighted by Crippen LogP contribution is -2.10. The van der Waals surface area contributed by atoms with Crippen LogP contribution in [0.4, 0.5) is 0 Å². The smallest absolute Gasteiger partial charge is 0.196 e. The van der Waals surface area contributed by atoms with Gasteiger partial charge in [-0.15, -0.1) is 10.2 Å². The second kappa shape index (κ2) is 7.78.